The monoisotopic (exact) mass is 265 g/mol. The van der Waals surface area contributed by atoms with Crippen molar-refractivity contribution in [3.05, 3.63) is 35.4 Å². The zero-order valence-electron chi connectivity index (χ0n) is 12.2. The van der Waals surface area contributed by atoms with Crippen molar-refractivity contribution in [2.75, 3.05) is 0 Å². The van der Waals surface area contributed by atoms with Gasteiger partial charge in [-0.05, 0) is 40.2 Å². The van der Waals surface area contributed by atoms with Crippen LogP contribution in [0.5, 0.6) is 0 Å². The number of rotatable bonds is 3. The summed E-state index contributed by atoms with van der Waals surface area (Å²) in [6.45, 7) is 9.11. The summed E-state index contributed by atoms with van der Waals surface area (Å²) in [5, 5.41) is 12.8. The van der Waals surface area contributed by atoms with Gasteiger partial charge in [0.25, 0.3) is 0 Å². The van der Waals surface area contributed by atoms with Crippen molar-refractivity contribution in [1.29, 1.82) is 0 Å². The van der Waals surface area contributed by atoms with Crippen LogP contribution in [0.1, 0.15) is 44.9 Å². The molecule has 0 heterocycles. The first kappa shape index (κ1) is 15.5. The summed E-state index contributed by atoms with van der Waals surface area (Å²) in [6.07, 6.45) is -1.28. The molecule has 0 saturated heterocycles. The standard InChI is InChI=1S/C15H23NO3/c1-10-7-6-8-12(9-10)13(17)11(2)16-14(18)19-15(3,4)5/h6-9,11,13,17H,1-5H3,(H,16,18)/t11-,13-/m0/s1. The summed E-state index contributed by atoms with van der Waals surface area (Å²) < 4.78 is 5.16. The zero-order chi connectivity index (χ0) is 14.6. The number of hydrogen-bond acceptors (Lipinski definition) is 3. The molecule has 0 aromatic heterocycles. The van der Waals surface area contributed by atoms with Gasteiger partial charge in [-0.15, -0.1) is 0 Å². The van der Waals surface area contributed by atoms with E-state index < -0.39 is 23.8 Å². The second-order valence-electron chi connectivity index (χ2n) is 5.79. The fraction of sp³-hybridized carbons (Fsp3) is 0.533. The Balaban J connectivity index is 2.63. The molecule has 0 aliphatic rings. The number of benzene rings is 1. The van der Waals surface area contributed by atoms with E-state index in [0.29, 0.717) is 0 Å². The summed E-state index contributed by atoms with van der Waals surface area (Å²) in [5.41, 5.74) is 1.31. The van der Waals surface area contributed by atoms with Crippen LogP contribution in [0.2, 0.25) is 0 Å². The molecule has 1 aromatic carbocycles. The molecule has 0 saturated carbocycles. The molecule has 4 nitrogen and oxygen atoms in total. The van der Waals surface area contributed by atoms with Crippen LogP contribution in [0, 0.1) is 6.92 Å². The van der Waals surface area contributed by atoms with Crippen LogP contribution in [-0.4, -0.2) is 22.8 Å². The molecule has 0 aliphatic carbocycles. The van der Waals surface area contributed by atoms with Crippen molar-refractivity contribution in [2.24, 2.45) is 0 Å². The van der Waals surface area contributed by atoms with Gasteiger partial charge in [0.15, 0.2) is 0 Å². The molecular weight excluding hydrogens is 242 g/mol. The van der Waals surface area contributed by atoms with E-state index in [9.17, 15) is 9.90 Å². The van der Waals surface area contributed by atoms with E-state index in [4.69, 9.17) is 4.74 Å². The van der Waals surface area contributed by atoms with E-state index >= 15 is 0 Å². The Labute approximate surface area is 114 Å². The minimum Gasteiger partial charge on any atom is -0.444 e. The van der Waals surface area contributed by atoms with Gasteiger partial charge in [-0.25, -0.2) is 4.79 Å². The molecule has 4 heteroatoms. The molecule has 0 spiro atoms. The highest BCUT2D eigenvalue weighted by Crippen LogP contribution is 2.18. The highest BCUT2D eigenvalue weighted by molar-refractivity contribution is 5.68. The third kappa shape index (κ3) is 5.30. The third-order valence-electron chi connectivity index (χ3n) is 2.60. The molecular formula is C15H23NO3. The number of hydrogen-bond donors (Lipinski definition) is 2. The first-order chi connectivity index (χ1) is 8.69. The summed E-state index contributed by atoms with van der Waals surface area (Å²) in [5.74, 6) is 0. The Morgan fingerprint density at radius 2 is 2.00 bits per heavy atom. The smallest absolute Gasteiger partial charge is 0.407 e. The Morgan fingerprint density at radius 3 is 2.53 bits per heavy atom. The second-order valence-corrected chi connectivity index (χ2v) is 5.79. The van der Waals surface area contributed by atoms with Gasteiger partial charge in [-0.3, -0.25) is 0 Å². The number of aliphatic hydroxyl groups is 1. The topological polar surface area (TPSA) is 58.6 Å². The normalized spacial score (nSPS) is 14.6. The van der Waals surface area contributed by atoms with E-state index in [2.05, 4.69) is 5.32 Å². The molecule has 0 bridgehead atoms. The van der Waals surface area contributed by atoms with E-state index in [0.717, 1.165) is 11.1 Å². The largest absolute Gasteiger partial charge is 0.444 e. The fourth-order valence-electron chi connectivity index (χ4n) is 1.72. The Bertz CT molecular complexity index is 437. The molecule has 2 N–H and O–H groups in total. The maximum absolute atomic E-state index is 11.6. The first-order valence-electron chi connectivity index (χ1n) is 6.43. The highest BCUT2D eigenvalue weighted by atomic mass is 16.6. The highest BCUT2D eigenvalue weighted by Gasteiger charge is 2.22. The number of amides is 1. The number of ether oxygens (including phenoxy) is 1. The zero-order valence-corrected chi connectivity index (χ0v) is 12.2. The average Bonchev–Trinajstić information content (AvgIpc) is 2.25. The van der Waals surface area contributed by atoms with Gasteiger partial charge in [0, 0.05) is 0 Å². The van der Waals surface area contributed by atoms with Crippen molar-refractivity contribution >= 4 is 6.09 Å². The lowest BCUT2D eigenvalue weighted by atomic mass is 10.0. The third-order valence-corrected chi connectivity index (χ3v) is 2.60. The van der Waals surface area contributed by atoms with Crippen LogP contribution >= 0.6 is 0 Å². The summed E-state index contributed by atoms with van der Waals surface area (Å²) in [7, 11) is 0. The maximum Gasteiger partial charge on any atom is 0.407 e. The van der Waals surface area contributed by atoms with Gasteiger partial charge in [0.1, 0.15) is 5.60 Å². The lowest BCUT2D eigenvalue weighted by molar-refractivity contribution is 0.0436. The van der Waals surface area contributed by atoms with E-state index in [-0.39, 0.29) is 0 Å². The summed E-state index contributed by atoms with van der Waals surface area (Å²) in [4.78, 5) is 11.6. The molecule has 1 aromatic rings. The minimum atomic E-state index is -0.757. The molecule has 1 amide bonds. The van der Waals surface area contributed by atoms with Crippen LogP contribution in [0.4, 0.5) is 4.79 Å². The predicted molar refractivity (Wildman–Crippen MR) is 75.0 cm³/mol. The van der Waals surface area contributed by atoms with E-state index in [1.165, 1.54) is 0 Å². The van der Waals surface area contributed by atoms with Gasteiger partial charge >= 0.3 is 6.09 Å². The molecule has 19 heavy (non-hydrogen) atoms. The fourth-order valence-corrected chi connectivity index (χ4v) is 1.72. The molecule has 106 valence electrons. The van der Waals surface area contributed by atoms with Crippen molar-refractivity contribution in [3.63, 3.8) is 0 Å². The lowest BCUT2D eigenvalue weighted by Crippen LogP contribution is -2.40. The quantitative estimate of drug-likeness (QED) is 0.883. The first-order valence-corrected chi connectivity index (χ1v) is 6.43. The summed E-state index contributed by atoms with van der Waals surface area (Å²) in [6, 6.07) is 7.16. The van der Waals surface area contributed by atoms with Crippen LogP contribution in [-0.2, 0) is 4.74 Å². The summed E-state index contributed by atoms with van der Waals surface area (Å²) >= 11 is 0. The number of carbonyl (C=O) groups excluding carboxylic acids is 1. The number of alkyl carbamates (subject to hydrolysis) is 1. The maximum atomic E-state index is 11.6. The second kappa shape index (κ2) is 6.06. The number of nitrogens with one attached hydrogen (secondary N) is 1. The van der Waals surface area contributed by atoms with Gasteiger partial charge in [0.05, 0.1) is 12.1 Å². The number of carbonyl (C=O) groups is 1. The lowest BCUT2D eigenvalue weighted by Gasteiger charge is -2.24. The van der Waals surface area contributed by atoms with Crippen molar-refractivity contribution in [2.45, 2.75) is 52.4 Å². The van der Waals surface area contributed by atoms with Crippen LogP contribution in [0.25, 0.3) is 0 Å². The van der Waals surface area contributed by atoms with Gasteiger partial charge < -0.3 is 15.2 Å². The molecule has 0 aliphatic heterocycles. The Hall–Kier alpha value is -1.55. The molecule has 1 rings (SSSR count). The number of aryl methyl sites for hydroxylation is 1. The van der Waals surface area contributed by atoms with Crippen LogP contribution < -0.4 is 5.32 Å². The average molecular weight is 265 g/mol. The number of aliphatic hydroxyl groups excluding tert-OH is 1. The van der Waals surface area contributed by atoms with Crippen molar-refractivity contribution < 1.29 is 14.6 Å². The van der Waals surface area contributed by atoms with Crippen molar-refractivity contribution in [3.8, 4) is 0 Å². The SMILES string of the molecule is Cc1cccc([C@@H](O)[C@H](C)NC(=O)OC(C)(C)C)c1. The van der Waals surface area contributed by atoms with Crippen LogP contribution in [0.15, 0.2) is 24.3 Å². The van der Waals surface area contributed by atoms with Crippen LogP contribution in [0.3, 0.4) is 0 Å². The van der Waals surface area contributed by atoms with Crippen molar-refractivity contribution in [1.82, 2.24) is 5.32 Å². The van der Waals surface area contributed by atoms with E-state index in [1.54, 1.807) is 27.7 Å². The molecule has 2 atom stereocenters. The molecule has 0 unspecified atom stereocenters. The minimum absolute atomic E-state index is 0.420. The molecule has 0 fully saturated rings. The predicted octanol–water partition coefficient (Wildman–Crippen LogP) is 2.94. The van der Waals surface area contributed by atoms with Gasteiger partial charge in [-0.2, -0.15) is 0 Å². The Morgan fingerprint density at radius 1 is 1.37 bits per heavy atom. The van der Waals surface area contributed by atoms with Gasteiger partial charge in [0.2, 0.25) is 0 Å². The van der Waals surface area contributed by atoms with Gasteiger partial charge in [-0.1, -0.05) is 29.8 Å². The van der Waals surface area contributed by atoms with E-state index in [1.807, 2.05) is 31.2 Å². The Kier molecular flexibility index (Phi) is 4.95. The molecule has 0 radical (unpaired) electrons.